The number of benzene rings is 1. The predicted molar refractivity (Wildman–Crippen MR) is 74.1 cm³/mol. The zero-order chi connectivity index (χ0) is 13.0. The van der Waals surface area contributed by atoms with E-state index in [0.29, 0.717) is 16.6 Å². The van der Waals surface area contributed by atoms with Crippen LogP contribution in [0.4, 0.5) is 15.9 Å². The lowest BCUT2D eigenvalue weighted by molar-refractivity contribution is 0.628. The van der Waals surface area contributed by atoms with Crippen LogP contribution in [-0.4, -0.2) is 14.9 Å². The van der Waals surface area contributed by atoms with E-state index in [1.807, 2.05) is 19.2 Å². The first-order valence-electron chi connectivity index (χ1n) is 5.54. The fourth-order valence-corrected chi connectivity index (χ4v) is 1.67. The van der Waals surface area contributed by atoms with Crippen LogP contribution in [-0.2, 0) is 6.54 Å². The summed E-state index contributed by atoms with van der Waals surface area (Å²) in [6.45, 7) is 2.80. The van der Waals surface area contributed by atoms with Crippen molar-refractivity contribution < 1.29 is 4.39 Å². The summed E-state index contributed by atoms with van der Waals surface area (Å²) >= 11 is 5.11. The summed E-state index contributed by atoms with van der Waals surface area (Å²) in [6.07, 6.45) is 1.85. The first kappa shape index (κ1) is 12.5. The van der Waals surface area contributed by atoms with Gasteiger partial charge in [0.2, 0.25) is 0 Å². The van der Waals surface area contributed by atoms with Gasteiger partial charge in [0.25, 0.3) is 0 Å². The number of rotatable bonds is 3. The second-order valence-corrected chi connectivity index (χ2v) is 4.05. The minimum Gasteiger partial charge on any atom is -0.332 e. The van der Waals surface area contributed by atoms with Crippen LogP contribution in [0.15, 0.2) is 36.5 Å². The SMILES string of the molecule is CCn1ccc(NC(=S)Nc2cccc(F)c2)n1. The predicted octanol–water partition coefficient (Wildman–Crippen LogP) is 2.85. The van der Waals surface area contributed by atoms with Crippen molar-refractivity contribution in [1.29, 1.82) is 0 Å². The molecule has 18 heavy (non-hydrogen) atoms. The van der Waals surface area contributed by atoms with E-state index in [1.54, 1.807) is 16.8 Å². The Balaban J connectivity index is 1.96. The Bertz CT molecular complexity index is 553. The van der Waals surface area contributed by atoms with E-state index in [2.05, 4.69) is 15.7 Å². The molecule has 0 aliphatic rings. The summed E-state index contributed by atoms with van der Waals surface area (Å²) in [5.74, 6) is 0.351. The van der Waals surface area contributed by atoms with Crippen LogP contribution in [0, 0.1) is 5.82 Å². The Morgan fingerprint density at radius 2 is 2.22 bits per heavy atom. The van der Waals surface area contributed by atoms with E-state index in [0.717, 1.165) is 6.54 Å². The van der Waals surface area contributed by atoms with Gasteiger partial charge in [-0.05, 0) is 37.3 Å². The summed E-state index contributed by atoms with van der Waals surface area (Å²) < 4.78 is 14.8. The summed E-state index contributed by atoms with van der Waals surface area (Å²) in [7, 11) is 0. The number of nitrogens with zero attached hydrogens (tertiary/aromatic N) is 2. The van der Waals surface area contributed by atoms with Gasteiger partial charge in [-0.2, -0.15) is 5.10 Å². The average molecular weight is 264 g/mol. The first-order valence-corrected chi connectivity index (χ1v) is 5.95. The molecule has 0 atom stereocenters. The smallest absolute Gasteiger partial charge is 0.176 e. The van der Waals surface area contributed by atoms with Gasteiger partial charge in [0, 0.05) is 24.5 Å². The van der Waals surface area contributed by atoms with E-state index < -0.39 is 0 Å². The molecule has 6 heteroatoms. The topological polar surface area (TPSA) is 41.9 Å². The van der Waals surface area contributed by atoms with Gasteiger partial charge < -0.3 is 10.6 Å². The normalized spacial score (nSPS) is 10.1. The van der Waals surface area contributed by atoms with Crippen molar-refractivity contribution in [2.24, 2.45) is 0 Å². The maximum Gasteiger partial charge on any atom is 0.176 e. The van der Waals surface area contributed by atoms with Crippen LogP contribution < -0.4 is 10.6 Å². The molecular formula is C12H13FN4S. The molecule has 0 radical (unpaired) electrons. The molecule has 0 aliphatic carbocycles. The third kappa shape index (κ3) is 3.27. The highest BCUT2D eigenvalue weighted by atomic mass is 32.1. The summed E-state index contributed by atoms with van der Waals surface area (Å²) in [5, 5.41) is 10.4. The van der Waals surface area contributed by atoms with Gasteiger partial charge in [-0.1, -0.05) is 6.07 Å². The molecule has 94 valence electrons. The van der Waals surface area contributed by atoms with Crippen LogP contribution in [0.3, 0.4) is 0 Å². The molecule has 0 unspecified atom stereocenters. The van der Waals surface area contributed by atoms with Gasteiger partial charge in [0.05, 0.1) is 0 Å². The zero-order valence-corrected chi connectivity index (χ0v) is 10.7. The molecule has 0 aliphatic heterocycles. The van der Waals surface area contributed by atoms with Gasteiger partial charge in [-0.25, -0.2) is 4.39 Å². The van der Waals surface area contributed by atoms with Crippen LogP contribution in [0.2, 0.25) is 0 Å². The minimum absolute atomic E-state index is 0.307. The molecule has 2 rings (SSSR count). The number of hydrogen-bond acceptors (Lipinski definition) is 2. The summed E-state index contributed by atoms with van der Waals surface area (Å²) in [4.78, 5) is 0. The summed E-state index contributed by atoms with van der Waals surface area (Å²) in [6, 6.07) is 7.93. The standard InChI is InChI=1S/C12H13FN4S/c1-2-17-7-6-11(16-17)15-12(18)14-10-5-3-4-9(13)8-10/h3-8H,2H2,1H3,(H2,14,15,16,18). The van der Waals surface area contributed by atoms with Crippen molar-refractivity contribution in [3.8, 4) is 0 Å². The van der Waals surface area contributed by atoms with Gasteiger partial charge in [-0.3, -0.25) is 4.68 Å². The Kier molecular flexibility index (Phi) is 3.88. The van der Waals surface area contributed by atoms with Crippen molar-refractivity contribution in [2.75, 3.05) is 10.6 Å². The van der Waals surface area contributed by atoms with Crippen LogP contribution in [0.5, 0.6) is 0 Å². The maximum absolute atomic E-state index is 13.0. The van der Waals surface area contributed by atoms with Crippen LogP contribution >= 0.6 is 12.2 Å². The number of aromatic nitrogens is 2. The number of nitrogens with one attached hydrogen (secondary N) is 2. The van der Waals surface area contributed by atoms with Crippen molar-refractivity contribution in [3.63, 3.8) is 0 Å². The molecular weight excluding hydrogens is 251 g/mol. The van der Waals surface area contributed by atoms with Gasteiger partial charge >= 0.3 is 0 Å². The minimum atomic E-state index is -0.307. The van der Waals surface area contributed by atoms with Crippen molar-refractivity contribution in [2.45, 2.75) is 13.5 Å². The largest absolute Gasteiger partial charge is 0.332 e. The van der Waals surface area contributed by atoms with Gasteiger partial charge in [0.1, 0.15) is 5.82 Å². The third-order valence-corrected chi connectivity index (χ3v) is 2.49. The van der Waals surface area contributed by atoms with Crippen molar-refractivity contribution in [3.05, 3.63) is 42.3 Å². The molecule has 0 spiro atoms. The van der Waals surface area contributed by atoms with Crippen molar-refractivity contribution in [1.82, 2.24) is 9.78 Å². The Morgan fingerprint density at radius 3 is 2.89 bits per heavy atom. The fraction of sp³-hybridized carbons (Fsp3) is 0.167. The monoisotopic (exact) mass is 264 g/mol. The number of thiocarbonyl (C=S) groups is 1. The Morgan fingerprint density at radius 1 is 1.39 bits per heavy atom. The molecule has 2 aromatic rings. The number of aryl methyl sites for hydroxylation is 1. The van der Waals surface area contributed by atoms with E-state index in [-0.39, 0.29) is 5.82 Å². The Hall–Kier alpha value is -1.95. The molecule has 0 bridgehead atoms. The molecule has 1 aromatic heterocycles. The van der Waals surface area contributed by atoms with Crippen LogP contribution in [0.1, 0.15) is 6.92 Å². The number of hydrogen-bond donors (Lipinski definition) is 2. The maximum atomic E-state index is 13.0. The lowest BCUT2D eigenvalue weighted by atomic mass is 10.3. The average Bonchev–Trinajstić information content (AvgIpc) is 2.76. The molecule has 1 heterocycles. The molecule has 4 nitrogen and oxygen atoms in total. The van der Waals surface area contributed by atoms with Crippen molar-refractivity contribution >= 4 is 28.8 Å². The second kappa shape index (κ2) is 5.59. The molecule has 0 saturated heterocycles. The first-order chi connectivity index (χ1) is 8.67. The second-order valence-electron chi connectivity index (χ2n) is 3.65. The fourth-order valence-electron chi connectivity index (χ4n) is 1.45. The van der Waals surface area contributed by atoms with Crippen LogP contribution in [0.25, 0.3) is 0 Å². The van der Waals surface area contributed by atoms with E-state index in [4.69, 9.17) is 12.2 Å². The lowest BCUT2D eigenvalue weighted by Gasteiger charge is -2.08. The molecule has 1 aromatic carbocycles. The molecule has 0 fully saturated rings. The number of anilines is 2. The highest BCUT2D eigenvalue weighted by molar-refractivity contribution is 7.80. The highest BCUT2D eigenvalue weighted by Gasteiger charge is 2.02. The number of halogens is 1. The highest BCUT2D eigenvalue weighted by Crippen LogP contribution is 2.10. The van der Waals surface area contributed by atoms with E-state index in [9.17, 15) is 4.39 Å². The van der Waals surface area contributed by atoms with Gasteiger partial charge in [0.15, 0.2) is 10.9 Å². The molecule has 0 amide bonds. The quantitative estimate of drug-likeness (QED) is 0.837. The summed E-state index contributed by atoms with van der Waals surface area (Å²) in [5.41, 5.74) is 0.599. The van der Waals surface area contributed by atoms with E-state index in [1.165, 1.54) is 12.1 Å². The molecule has 2 N–H and O–H groups in total. The van der Waals surface area contributed by atoms with E-state index >= 15 is 0 Å². The van der Waals surface area contributed by atoms with Gasteiger partial charge in [-0.15, -0.1) is 0 Å². The molecule has 0 saturated carbocycles. The zero-order valence-electron chi connectivity index (χ0n) is 9.85. The third-order valence-electron chi connectivity index (χ3n) is 2.29. The Labute approximate surface area is 110 Å². The lowest BCUT2D eigenvalue weighted by Crippen LogP contribution is -2.19.